The predicted octanol–water partition coefficient (Wildman–Crippen LogP) is 3.41. The summed E-state index contributed by atoms with van der Waals surface area (Å²) in [5.41, 5.74) is 2.22. The van der Waals surface area contributed by atoms with Crippen LogP contribution >= 0.6 is 0 Å². The fourth-order valence-corrected chi connectivity index (χ4v) is 1.75. The van der Waals surface area contributed by atoms with Crippen LogP contribution in [0, 0.1) is 11.3 Å². The van der Waals surface area contributed by atoms with Gasteiger partial charge in [-0.2, -0.15) is 5.26 Å². The average molecular weight is 208 g/mol. The van der Waals surface area contributed by atoms with E-state index in [2.05, 4.69) is 11.4 Å². The molecule has 0 amide bonds. The van der Waals surface area contributed by atoms with E-state index in [1.165, 1.54) is 0 Å². The molecule has 3 nitrogen and oxygen atoms in total. The fraction of sp³-hybridized carbons (Fsp3) is 0. The van der Waals surface area contributed by atoms with E-state index in [1.54, 1.807) is 6.07 Å². The maximum absolute atomic E-state index is 9.00. The second kappa shape index (κ2) is 3.28. The third-order valence-electron chi connectivity index (χ3n) is 2.51. The number of ether oxygens (including phenoxy) is 1. The van der Waals surface area contributed by atoms with Crippen molar-refractivity contribution in [1.29, 1.82) is 5.26 Å². The molecule has 3 heteroatoms. The lowest BCUT2D eigenvalue weighted by Crippen LogP contribution is -2.04. The number of benzene rings is 2. The summed E-state index contributed by atoms with van der Waals surface area (Å²) < 4.78 is 5.71. The monoisotopic (exact) mass is 208 g/mol. The molecule has 1 heterocycles. The molecule has 0 spiro atoms. The molecule has 2 aromatic rings. The zero-order valence-corrected chi connectivity index (χ0v) is 8.40. The van der Waals surface area contributed by atoms with Crippen LogP contribution in [0.1, 0.15) is 5.56 Å². The van der Waals surface area contributed by atoms with Gasteiger partial charge in [0.2, 0.25) is 0 Å². The lowest BCUT2D eigenvalue weighted by molar-refractivity contribution is 0.481. The molecule has 1 N–H and O–H groups in total. The molecule has 0 radical (unpaired) electrons. The van der Waals surface area contributed by atoms with Gasteiger partial charge in [0, 0.05) is 0 Å². The molecule has 0 aromatic heterocycles. The summed E-state index contributed by atoms with van der Waals surface area (Å²) in [4.78, 5) is 0. The van der Waals surface area contributed by atoms with Gasteiger partial charge in [0.25, 0.3) is 0 Å². The first kappa shape index (κ1) is 8.81. The van der Waals surface area contributed by atoms with Crippen molar-refractivity contribution in [2.75, 3.05) is 5.32 Å². The number of hydrogen-bond acceptors (Lipinski definition) is 3. The van der Waals surface area contributed by atoms with Gasteiger partial charge in [0.05, 0.1) is 16.9 Å². The third kappa shape index (κ3) is 1.21. The maximum atomic E-state index is 9.00. The van der Waals surface area contributed by atoms with Gasteiger partial charge >= 0.3 is 0 Å². The van der Waals surface area contributed by atoms with Gasteiger partial charge in [-0.3, -0.25) is 0 Å². The largest absolute Gasteiger partial charge is 0.453 e. The summed E-state index contributed by atoms with van der Waals surface area (Å²) in [7, 11) is 0. The van der Waals surface area contributed by atoms with Gasteiger partial charge in [-0.25, -0.2) is 0 Å². The molecule has 0 unspecified atom stereocenters. The van der Waals surface area contributed by atoms with Gasteiger partial charge in [0.1, 0.15) is 6.07 Å². The van der Waals surface area contributed by atoms with E-state index in [4.69, 9.17) is 10.00 Å². The summed E-state index contributed by atoms with van der Waals surface area (Å²) in [6, 6.07) is 15.2. The maximum Gasteiger partial charge on any atom is 0.152 e. The van der Waals surface area contributed by atoms with Crippen LogP contribution in [-0.4, -0.2) is 0 Å². The van der Waals surface area contributed by atoms with E-state index < -0.39 is 0 Å². The van der Waals surface area contributed by atoms with E-state index in [9.17, 15) is 0 Å². The number of para-hydroxylation sites is 3. The highest BCUT2D eigenvalue weighted by molar-refractivity contribution is 5.79. The van der Waals surface area contributed by atoms with Crippen molar-refractivity contribution in [2.24, 2.45) is 0 Å². The first-order valence-corrected chi connectivity index (χ1v) is 4.95. The van der Waals surface area contributed by atoms with Gasteiger partial charge in [-0.15, -0.1) is 0 Å². The minimum atomic E-state index is 0.590. The van der Waals surface area contributed by atoms with Crippen molar-refractivity contribution in [3.63, 3.8) is 0 Å². The molecule has 1 aliphatic heterocycles. The molecule has 0 bridgehead atoms. The Morgan fingerprint density at radius 2 is 1.81 bits per heavy atom. The molecular formula is C13H8N2O. The Balaban J connectivity index is 2.16. The van der Waals surface area contributed by atoms with Crippen LogP contribution in [0.3, 0.4) is 0 Å². The van der Waals surface area contributed by atoms with Gasteiger partial charge in [-0.05, 0) is 24.3 Å². The Kier molecular flexibility index (Phi) is 1.81. The Bertz CT molecular complexity index is 599. The van der Waals surface area contributed by atoms with Crippen LogP contribution in [0.15, 0.2) is 42.5 Å². The number of nitrogens with one attached hydrogen (secondary N) is 1. The van der Waals surface area contributed by atoms with Crippen molar-refractivity contribution in [1.82, 2.24) is 0 Å². The molecule has 1 aliphatic rings. The highest BCUT2D eigenvalue weighted by Gasteiger charge is 2.18. The second-order valence-electron chi connectivity index (χ2n) is 3.51. The molecule has 2 aromatic carbocycles. The fourth-order valence-electron chi connectivity index (χ4n) is 1.75. The molecule has 76 valence electrons. The predicted molar refractivity (Wildman–Crippen MR) is 61.0 cm³/mol. The number of nitrogens with zero attached hydrogens (tertiary/aromatic N) is 1. The van der Waals surface area contributed by atoms with Crippen LogP contribution < -0.4 is 10.1 Å². The molecule has 0 atom stereocenters. The third-order valence-corrected chi connectivity index (χ3v) is 2.51. The molecule has 16 heavy (non-hydrogen) atoms. The van der Waals surface area contributed by atoms with Crippen molar-refractivity contribution in [3.8, 4) is 17.6 Å². The van der Waals surface area contributed by atoms with Crippen LogP contribution in [0.5, 0.6) is 11.5 Å². The van der Waals surface area contributed by atoms with Crippen LogP contribution in [0.2, 0.25) is 0 Å². The summed E-state index contributed by atoms with van der Waals surface area (Å²) in [6.45, 7) is 0. The number of fused-ring (bicyclic) bond motifs is 2. The Labute approximate surface area is 92.9 Å². The SMILES string of the molecule is N#Cc1cccc2c1Nc1ccccc1O2. The van der Waals surface area contributed by atoms with Crippen molar-refractivity contribution in [2.45, 2.75) is 0 Å². The first-order chi connectivity index (χ1) is 7.88. The van der Waals surface area contributed by atoms with Crippen LogP contribution in [0.25, 0.3) is 0 Å². The number of hydrogen-bond donors (Lipinski definition) is 1. The highest BCUT2D eigenvalue weighted by Crippen LogP contribution is 2.42. The van der Waals surface area contributed by atoms with E-state index >= 15 is 0 Å². The first-order valence-electron chi connectivity index (χ1n) is 4.95. The van der Waals surface area contributed by atoms with E-state index in [0.29, 0.717) is 11.3 Å². The topological polar surface area (TPSA) is 45.0 Å². The lowest BCUT2D eigenvalue weighted by atomic mass is 10.1. The van der Waals surface area contributed by atoms with Gasteiger partial charge in [0.15, 0.2) is 11.5 Å². The molecule has 0 saturated heterocycles. The normalized spacial score (nSPS) is 11.4. The minimum Gasteiger partial charge on any atom is -0.453 e. The van der Waals surface area contributed by atoms with E-state index in [1.807, 2.05) is 36.4 Å². The molecule has 3 rings (SSSR count). The van der Waals surface area contributed by atoms with Gasteiger partial charge in [-0.1, -0.05) is 18.2 Å². The number of rotatable bonds is 0. The van der Waals surface area contributed by atoms with Crippen LogP contribution in [-0.2, 0) is 0 Å². The Morgan fingerprint density at radius 1 is 1.00 bits per heavy atom. The quantitative estimate of drug-likeness (QED) is 0.615. The number of nitriles is 1. The molecule has 0 aliphatic carbocycles. The summed E-state index contributed by atoms with van der Waals surface area (Å²) in [6.07, 6.45) is 0. The van der Waals surface area contributed by atoms with Crippen LogP contribution in [0.4, 0.5) is 11.4 Å². The zero-order chi connectivity index (χ0) is 11.0. The van der Waals surface area contributed by atoms with Crippen molar-refractivity contribution >= 4 is 11.4 Å². The zero-order valence-electron chi connectivity index (χ0n) is 8.40. The smallest absolute Gasteiger partial charge is 0.152 e. The number of anilines is 2. The summed E-state index contributed by atoms with van der Waals surface area (Å²) >= 11 is 0. The molecule has 0 fully saturated rings. The lowest BCUT2D eigenvalue weighted by Gasteiger charge is -2.22. The highest BCUT2D eigenvalue weighted by atomic mass is 16.5. The Hall–Kier alpha value is -2.47. The average Bonchev–Trinajstić information content (AvgIpc) is 2.35. The van der Waals surface area contributed by atoms with E-state index in [0.717, 1.165) is 17.1 Å². The molecule has 0 saturated carbocycles. The van der Waals surface area contributed by atoms with Gasteiger partial charge < -0.3 is 10.1 Å². The molecular weight excluding hydrogens is 200 g/mol. The van der Waals surface area contributed by atoms with Crippen molar-refractivity contribution < 1.29 is 4.74 Å². The standard InChI is InChI=1S/C13H8N2O/c14-8-9-4-3-7-12-13(9)15-10-5-1-2-6-11(10)16-12/h1-7,15H. The second-order valence-corrected chi connectivity index (χ2v) is 3.51. The van der Waals surface area contributed by atoms with E-state index in [-0.39, 0.29) is 0 Å². The summed E-state index contributed by atoms with van der Waals surface area (Å²) in [5.74, 6) is 1.47. The van der Waals surface area contributed by atoms with Crippen molar-refractivity contribution in [3.05, 3.63) is 48.0 Å². The Morgan fingerprint density at radius 3 is 2.69 bits per heavy atom. The summed E-state index contributed by atoms with van der Waals surface area (Å²) in [5, 5.41) is 12.2. The minimum absolute atomic E-state index is 0.590.